The average molecular weight is 301 g/mol. The van der Waals surface area contributed by atoms with Gasteiger partial charge in [0.15, 0.2) is 5.13 Å². The standard InChI is InChI=1S/C12H10F3N3OS/c1-6-9(16)20-11(17-6)18-10(19)7-2-4-8(5-3-7)12(13,14)15/h2-5H,16H2,1H3,(H,17,18,19). The lowest BCUT2D eigenvalue weighted by molar-refractivity contribution is -0.137. The molecule has 1 aromatic carbocycles. The zero-order valence-electron chi connectivity index (χ0n) is 10.3. The molecule has 1 aromatic heterocycles. The Morgan fingerprint density at radius 2 is 1.90 bits per heavy atom. The van der Waals surface area contributed by atoms with Crippen LogP contribution in [0.15, 0.2) is 24.3 Å². The molecule has 8 heteroatoms. The van der Waals surface area contributed by atoms with E-state index in [0.29, 0.717) is 15.8 Å². The van der Waals surface area contributed by atoms with Gasteiger partial charge in [-0.15, -0.1) is 0 Å². The predicted octanol–water partition coefficient (Wildman–Crippen LogP) is 3.30. The summed E-state index contributed by atoms with van der Waals surface area (Å²) in [6.45, 7) is 1.69. The maximum absolute atomic E-state index is 12.4. The molecule has 1 heterocycles. The fourth-order valence-corrected chi connectivity index (χ4v) is 2.17. The fourth-order valence-electron chi connectivity index (χ4n) is 1.44. The average Bonchev–Trinajstić information content (AvgIpc) is 2.67. The molecule has 0 radical (unpaired) electrons. The van der Waals surface area contributed by atoms with Gasteiger partial charge in [-0.1, -0.05) is 11.3 Å². The zero-order chi connectivity index (χ0) is 14.9. The molecule has 0 spiro atoms. The van der Waals surface area contributed by atoms with E-state index in [0.717, 1.165) is 35.6 Å². The first-order valence-electron chi connectivity index (χ1n) is 5.49. The molecule has 1 amide bonds. The Balaban J connectivity index is 2.13. The normalized spacial score (nSPS) is 11.4. The van der Waals surface area contributed by atoms with E-state index >= 15 is 0 Å². The highest BCUT2D eigenvalue weighted by Gasteiger charge is 2.30. The number of hydrogen-bond acceptors (Lipinski definition) is 4. The molecule has 0 aliphatic rings. The first-order valence-corrected chi connectivity index (χ1v) is 6.30. The highest BCUT2D eigenvalue weighted by atomic mass is 32.1. The van der Waals surface area contributed by atoms with Crippen molar-refractivity contribution < 1.29 is 18.0 Å². The molecule has 0 fully saturated rings. The Bertz CT molecular complexity index is 615. The van der Waals surface area contributed by atoms with Crippen molar-refractivity contribution in [3.8, 4) is 0 Å². The maximum Gasteiger partial charge on any atom is 0.416 e. The van der Waals surface area contributed by atoms with Gasteiger partial charge in [0.1, 0.15) is 5.00 Å². The lowest BCUT2D eigenvalue weighted by Gasteiger charge is -2.07. The Hall–Kier alpha value is -2.09. The van der Waals surface area contributed by atoms with Crippen molar-refractivity contribution >= 4 is 27.4 Å². The van der Waals surface area contributed by atoms with Gasteiger partial charge in [0, 0.05) is 5.56 Å². The number of nitrogens with one attached hydrogen (secondary N) is 1. The fraction of sp³-hybridized carbons (Fsp3) is 0.167. The van der Waals surface area contributed by atoms with Crippen molar-refractivity contribution in [2.45, 2.75) is 13.1 Å². The molecule has 4 nitrogen and oxygen atoms in total. The number of halogens is 3. The Morgan fingerprint density at radius 1 is 1.30 bits per heavy atom. The second-order valence-electron chi connectivity index (χ2n) is 4.00. The first kappa shape index (κ1) is 14.3. The number of hydrogen-bond donors (Lipinski definition) is 2. The molecule has 0 unspecified atom stereocenters. The van der Waals surface area contributed by atoms with Gasteiger partial charge in [-0.2, -0.15) is 13.2 Å². The molecule has 106 valence electrons. The minimum absolute atomic E-state index is 0.115. The van der Waals surface area contributed by atoms with Crippen molar-refractivity contribution in [2.24, 2.45) is 0 Å². The summed E-state index contributed by atoms with van der Waals surface area (Å²) in [5.41, 5.74) is 5.51. The molecule has 0 bridgehead atoms. The van der Waals surface area contributed by atoms with Gasteiger partial charge < -0.3 is 5.73 Å². The second kappa shape index (κ2) is 5.12. The number of nitrogens with two attached hydrogens (primary N) is 1. The third-order valence-electron chi connectivity index (χ3n) is 2.53. The number of aryl methyl sites for hydroxylation is 1. The molecule has 0 saturated carbocycles. The molecule has 0 aliphatic carbocycles. The van der Waals surface area contributed by atoms with Crippen LogP contribution in [0.2, 0.25) is 0 Å². The highest BCUT2D eigenvalue weighted by molar-refractivity contribution is 7.19. The lowest BCUT2D eigenvalue weighted by atomic mass is 10.1. The van der Waals surface area contributed by atoms with Crippen LogP contribution in [0.25, 0.3) is 0 Å². The molecule has 2 aromatic rings. The Labute approximate surface area is 116 Å². The lowest BCUT2D eigenvalue weighted by Crippen LogP contribution is -2.12. The van der Waals surface area contributed by atoms with Crippen LogP contribution in [-0.4, -0.2) is 10.9 Å². The summed E-state index contributed by atoms with van der Waals surface area (Å²) in [6, 6.07) is 3.94. The minimum atomic E-state index is -4.42. The Morgan fingerprint density at radius 3 is 2.35 bits per heavy atom. The number of aromatic nitrogens is 1. The summed E-state index contributed by atoms with van der Waals surface area (Å²) < 4.78 is 37.2. The van der Waals surface area contributed by atoms with Crippen molar-refractivity contribution in [3.05, 3.63) is 41.1 Å². The number of carbonyl (C=O) groups excluding carboxylic acids is 1. The molecule has 3 N–H and O–H groups in total. The van der Waals surface area contributed by atoms with Crippen LogP contribution in [0.3, 0.4) is 0 Å². The van der Waals surface area contributed by atoms with Gasteiger partial charge in [0.25, 0.3) is 5.91 Å². The minimum Gasteiger partial charge on any atom is -0.389 e. The number of nitrogen functional groups attached to an aromatic ring is 1. The summed E-state index contributed by atoms with van der Waals surface area (Å²) >= 11 is 1.10. The van der Waals surface area contributed by atoms with Crippen LogP contribution in [0, 0.1) is 6.92 Å². The van der Waals surface area contributed by atoms with Gasteiger partial charge in [-0.05, 0) is 31.2 Å². The van der Waals surface area contributed by atoms with Gasteiger partial charge in [0.05, 0.1) is 11.3 Å². The maximum atomic E-state index is 12.4. The summed E-state index contributed by atoms with van der Waals surface area (Å²) in [5, 5.41) is 3.27. The smallest absolute Gasteiger partial charge is 0.389 e. The zero-order valence-corrected chi connectivity index (χ0v) is 11.1. The number of carbonyl (C=O) groups is 1. The number of alkyl halides is 3. The topological polar surface area (TPSA) is 68.0 Å². The van der Waals surface area contributed by atoms with E-state index in [1.165, 1.54) is 0 Å². The Kier molecular flexibility index (Phi) is 3.67. The number of benzene rings is 1. The number of anilines is 2. The molecule has 20 heavy (non-hydrogen) atoms. The van der Waals surface area contributed by atoms with Crippen LogP contribution in [0.4, 0.5) is 23.3 Å². The quantitative estimate of drug-likeness (QED) is 0.894. The molecular weight excluding hydrogens is 291 g/mol. The van der Waals surface area contributed by atoms with E-state index in [1.54, 1.807) is 6.92 Å². The summed E-state index contributed by atoms with van der Waals surface area (Å²) in [7, 11) is 0. The van der Waals surface area contributed by atoms with E-state index in [1.807, 2.05) is 0 Å². The van der Waals surface area contributed by atoms with Crippen LogP contribution in [0.5, 0.6) is 0 Å². The van der Waals surface area contributed by atoms with Crippen LogP contribution >= 0.6 is 11.3 Å². The summed E-state index contributed by atoms with van der Waals surface area (Å²) in [6.07, 6.45) is -4.42. The third-order valence-corrected chi connectivity index (χ3v) is 3.43. The van der Waals surface area contributed by atoms with E-state index in [2.05, 4.69) is 10.3 Å². The molecule has 0 aliphatic heterocycles. The van der Waals surface area contributed by atoms with Crippen molar-refractivity contribution in [1.82, 2.24) is 4.98 Å². The number of thiazole rings is 1. The van der Waals surface area contributed by atoms with Crippen LogP contribution in [-0.2, 0) is 6.18 Å². The van der Waals surface area contributed by atoms with E-state index in [9.17, 15) is 18.0 Å². The van der Waals surface area contributed by atoms with E-state index < -0.39 is 17.6 Å². The first-order chi connectivity index (χ1) is 9.27. The van der Waals surface area contributed by atoms with Crippen molar-refractivity contribution in [1.29, 1.82) is 0 Å². The van der Waals surface area contributed by atoms with E-state index in [4.69, 9.17) is 5.73 Å². The third kappa shape index (κ3) is 3.08. The van der Waals surface area contributed by atoms with Crippen LogP contribution in [0.1, 0.15) is 21.6 Å². The van der Waals surface area contributed by atoms with Gasteiger partial charge in [0.2, 0.25) is 0 Å². The molecule has 0 saturated heterocycles. The molecule has 0 atom stereocenters. The number of nitrogens with zero attached hydrogens (tertiary/aromatic N) is 1. The highest BCUT2D eigenvalue weighted by Crippen LogP contribution is 2.29. The summed E-state index contributed by atoms with van der Waals surface area (Å²) in [5.74, 6) is -0.535. The summed E-state index contributed by atoms with van der Waals surface area (Å²) in [4.78, 5) is 15.8. The molecular formula is C12H10F3N3OS. The number of rotatable bonds is 2. The number of amides is 1. The van der Waals surface area contributed by atoms with Gasteiger partial charge >= 0.3 is 6.18 Å². The predicted molar refractivity (Wildman–Crippen MR) is 70.7 cm³/mol. The largest absolute Gasteiger partial charge is 0.416 e. The molecule has 2 rings (SSSR count). The van der Waals surface area contributed by atoms with Crippen LogP contribution < -0.4 is 11.1 Å². The van der Waals surface area contributed by atoms with Crippen molar-refractivity contribution in [2.75, 3.05) is 11.1 Å². The van der Waals surface area contributed by atoms with Gasteiger partial charge in [-0.3, -0.25) is 10.1 Å². The second-order valence-corrected chi connectivity index (χ2v) is 5.03. The van der Waals surface area contributed by atoms with Gasteiger partial charge in [-0.25, -0.2) is 4.98 Å². The monoisotopic (exact) mass is 301 g/mol. The SMILES string of the molecule is Cc1nc(NC(=O)c2ccc(C(F)(F)F)cc2)sc1N. The van der Waals surface area contributed by atoms with Crippen molar-refractivity contribution in [3.63, 3.8) is 0 Å². The van der Waals surface area contributed by atoms with E-state index in [-0.39, 0.29) is 5.56 Å².